The molecule has 0 radical (unpaired) electrons. The molecule has 118 valence electrons. The lowest BCUT2D eigenvalue weighted by Gasteiger charge is -2.34. The van der Waals surface area contributed by atoms with Crippen LogP contribution in [0.5, 0.6) is 0 Å². The van der Waals surface area contributed by atoms with E-state index >= 15 is 0 Å². The fraction of sp³-hybridized carbons (Fsp3) is 0.353. The van der Waals surface area contributed by atoms with Crippen LogP contribution in [0.1, 0.15) is 44.6 Å². The van der Waals surface area contributed by atoms with Crippen LogP contribution in [0.3, 0.4) is 0 Å². The summed E-state index contributed by atoms with van der Waals surface area (Å²) in [6.45, 7) is 0.336. The maximum absolute atomic E-state index is 12.8. The number of carboxylic acid groups (broad SMARTS) is 1. The molecule has 6 heteroatoms. The Kier molecular flexibility index (Phi) is 3.41. The van der Waals surface area contributed by atoms with Crippen LogP contribution in [0, 0.1) is 0 Å². The fourth-order valence-corrected chi connectivity index (χ4v) is 4.05. The van der Waals surface area contributed by atoms with Gasteiger partial charge in [-0.2, -0.15) is 0 Å². The minimum absolute atomic E-state index is 0.226. The first kappa shape index (κ1) is 14.4. The Morgan fingerprint density at radius 1 is 1.22 bits per heavy atom. The number of benzene rings is 1. The van der Waals surface area contributed by atoms with Crippen molar-refractivity contribution in [1.82, 2.24) is 9.88 Å². The molecule has 1 N–H and O–H groups in total. The van der Waals surface area contributed by atoms with Gasteiger partial charge in [0.05, 0.1) is 11.2 Å². The van der Waals surface area contributed by atoms with E-state index in [1.165, 1.54) is 16.2 Å². The van der Waals surface area contributed by atoms with Gasteiger partial charge in [-0.1, -0.05) is 24.3 Å². The minimum atomic E-state index is -0.959. The molecule has 1 atom stereocenters. The number of aromatic nitrogens is 1. The van der Waals surface area contributed by atoms with Crippen LogP contribution in [0.25, 0.3) is 0 Å². The number of amides is 1. The maximum Gasteiger partial charge on any atom is 0.326 e. The first-order valence-electron chi connectivity index (χ1n) is 7.70. The van der Waals surface area contributed by atoms with Crippen LogP contribution in [0.4, 0.5) is 0 Å². The Labute approximate surface area is 137 Å². The van der Waals surface area contributed by atoms with E-state index in [0.717, 1.165) is 29.0 Å². The standard InChI is InChI=1S/C17H16N2O3S/c20-16(14-8-18-15(23-14)10-5-6-10)19-9-12-4-2-1-3-11(12)7-13(19)17(21)22/h1-4,8,10,13H,5-7,9H2,(H,21,22)/t13-/m0/s1. The van der Waals surface area contributed by atoms with Gasteiger partial charge in [-0.3, -0.25) is 4.79 Å². The minimum Gasteiger partial charge on any atom is -0.480 e. The van der Waals surface area contributed by atoms with E-state index in [2.05, 4.69) is 4.98 Å². The molecule has 1 saturated carbocycles. The number of carbonyl (C=O) groups excluding carboxylic acids is 1. The van der Waals surface area contributed by atoms with Crippen molar-refractivity contribution in [3.63, 3.8) is 0 Å². The summed E-state index contributed by atoms with van der Waals surface area (Å²) in [6.07, 6.45) is 4.22. The summed E-state index contributed by atoms with van der Waals surface area (Å²) in [5.74, 6) is -0.685. The van der Waals surface area contributed by atoms with Gasteiger partial charge in [0.25, 0.3) is 5.91 Å². The second kappa shape index (κ2) is 5.45. The van der Waals surface area contributed by atoms with Crippen LogP contribution in [-0.2, 0) is 17.8 Å². The van der Waals surface area contributed by atoms with Crippen molar-refractivity contribution >= 4 is 23.2 Å². The number of rotatable bonds is 3. The van der Waals surface area contributed by atoms with Gasteiger partial charge >= 0.3 is 5.97 Å². The Hall–Kier alpha value is -2.21. The molecule has 2 aliphatic rings. The van der Waals surface area contributed by atoms with Crippen LogP contribution in [-0.4, -0.2) is 32.9 Å². The third-order valence-electron chi connectivity index (χ3n) is 4.46. The van der Waals surface area contributed by atoms with E-state index < -0.39 is 12.0 Å². The monoisotopic (exact) mass is 328 g/mol. The lowest BCUT2D eigenvalue weighted by atomic mass is 9.94. The number of carbonyl (C=O) groups is 2. The predicted octanol–water partition coefficient (Wildman–Crippen LogP) is 2.67. The highest BCUT2D eigenvalue weighted by Gasteiger charge is 2.36. The fourth-order valence-electron chi connectivity index (χ4n) is 3.00. The third kappa shape index (κ3) is 2.63. The highest BCUT2D eigenvalue weighted by molar-refractivity contribution is 7.13. The second-order valence-corrected chi connectivity index (χ2v) is 7.16. The molecule has 2 aromatic rings. The van der Waals surface area contributed by atoms with E-state index in [1.807, 2.05) is 24.3 Å². The number of hydrogen-bond donors (Lipinski definition) is 1. The van der Waals surface area contributed by atoms with Crippen molar-refractivity contribution in [2.24, 2.45) is 0 Å². The van der Waals surface area contributed by atoms with Gasteiger partial charge in [0.1, 0.15) is 10.9 Å². The zero-order valence-electron chi connectivity index (χ0n) is 12.4. The number of thiazole rings is 1. The van der Waals surface area contributed by atoms with Gasteiger partial charge in [0.15, 0.2) is 0 Å². The molecular weight excluding hydrogens is 312 g/mol. The van der Waals surface area contributed by atoms with Gasteiger partial charge in [-0.25, -0.2) is 9.78 Å². The summed E-state index contributed by atoms with van der Waals surface area (Å²) in [5.41, 5.74) is 2.03. The average Bonchev–Trinajstić information content (AvgIpc) is 3.30. The Morgan fingerprint density at radius 2 is 1.96 bits per heavy atom. The highest BCUT2D eigenvalue weighted by Crippen LogP contribution is 2.42. The predicted molar refractivity (Wildman–Crippen MR) is 85.5 cm³/mol. The van der Waals surface area contributed by atoms with E-state index in [0.29, 0.717) is 23.8 Å². The SMILES string of the molecule is O=C(O)[C@@H]1Cc2ccccc2CN1C(=O)c1cnc(C2CC2)s1. The molecule has 1 fully saturated rings. The Morgan fingerprint density at radius 3 is 2.65 bits per heavy atom. The zero-order chi connectivity index (χ0) is 16.0. The van der Waals surface area contributed by atoms with Gasteiger partial charge in [-0.15, -0.1) is 11.3 Å². The van der Waals surface area contributed by atoms with Gasteiger partial charge < -0.3 is 10.0 Å². The van der Waals surface area contributed by atoms with Gasteiger partial charge in [0.2, 0.25) is 0 Å². The lowest BCUT2D eigenvalue weighted by molar-refractivity contribution is -0.142. The molecular formula is C17H16N2O3S. The molecule has 0 saturated heterocycles. The van der Waals surface area contributed by atoms with E-state index in [1.54, 1.807) is 6.20 Å². The Bertz CT molecular complexity index is 782. The van der Waals surface area contributed by atoms with Crippen LogP contribution < -0.4 is 0 Å². The summed E-state index contributed by atoms with van der Waals surface area (Å²) < 4.78 is 0. The smallest absolute Gasteiger partial charge is 0.326 e. The van der Waals surface area contributed by atoms with Crippen molar-refractivity contribution in [3.8, 4) is 0 Å². The van der Waals surface area contributed by atoms with Gasteiger partial charge in [0, 0.05) is 18.9 Å². The van der Waals surface area contributed by atoms with Crippen molar-refractivity contribution in [2.45, 2.75) is 37.8 Å². The van der Waals surface area contributed by atoms with Crippen molar-refractivity contribution in [2.75, 3.05) is 0 Å². The summed E-state index contributed by atoms with van der Waals surface area (Å²) in [4.78, 5) is 30.8. The van der Waals surface area contributed by atoms with E-state index in [9.17, 15) is 14.7 Å². The highest BCUT2D eigenvalue weighted by atomic mass is 32.1. The average molecular weight is 328 g/mol. The maximum atomic E-state index is 12.8. The largest absolute Gasteiger partial charge is 0.480 e. The summed E-state index contributed by atoms with van der Waals surface area (Å²) in [6, 6.07) is 6.89. The quantitative estimate of drug-likeness (QED) is 0.940. The molecule has 1 aliphatic heterocycles. The van der Waals surface area contributed by atoms with Gasteiger partial charge in [-0.05, 0) is 24.0 Å². The topological polar surface area (TPSA) is 70.5 Å². The molecule has 4 rings (SSSR count). The molecule has 1 aromatic carbocycles. The van der Waals surface area contributed by atoms with E-state index in [4.69, 9.17) is 0 Å². The Balaban J connectivity index is 1.64. The van der Waals surface area contributed by atoms with Crippen molar-refractivity contribution < 1.29 is 14.7 Å². The first-order chi connectivity index (χ1) is 11.1. The second-order valence-electron chi connectivity index (χ2n) is 6.10. The molecule has 1 amide bonds. The molecule has 2 heterocycles. The molecule has 0 unspecified atom stereocenters. The lowest BCUT2D eigenvalue weighted by Crippen LogP contribution is -2.48. The first-order valence-corrected chi connectivity index (χ1v) is 8.51. The number of carboxylic acids is 1. The molecule has 23 heavy (non-hydrogen) atoms. The normalized spacial score (nSPS) is 20.2. The molecule has 5 nitrogen and oxygen atoms in total. The third-order valence-corrected chi connectivity index (χ3v) is 5.60. The summed E-state index contributed by atoms with van der Waals surface area (Å²) >= 11 is 1.41. The zero-order valence-corrected chi connectivity index (χ0v) is 13.3. The molecule has 1 aromatic heterocycles. The van der Waals surface area contributed by atoms with Crippen molar-refractivity contribution in [3.05, 3.63) is 51.5 Å². The number of nitrogens with zero attached hydrogens (tertiary/aromatic N) is 2. The number of aliphatic carboxylic acids is 1. The van der Waals surface area contributed by atoms with Crippen LogP contribution >= 0.6 is 11.3 Å². The number of hydrogen-bond acceptors (Lipinski definition) is 4. The van der Waals surface area contributed by atoms with Crippen LogP contribution in [0.15, 0.2) is 30.5 Å². The van der Waals surface area contributed by atoms with Crippen LogP contribution in [0.2, 0.25) is 0 Å². The van der Waals surface area contributed by atoms with Crippen molar-refractivity contribution in [1.29, 1.82) is 0 Å². The summed E-state index contributed by atoms with van der Waals surface area (Å²) in [7, 11) is 0. The molecule has 0 spiro atoms. The molecule has 1 aliphatic carbocycles. The summed E-state index contributed by atoms with van der Waals surface area (Å²) in [5, 5.41) is 10.5. The number of fused-ring (bicyclic) bond motifs is 1. The molecule has 0 bridgehead atoms. The van der Waals surface area contributed by atoms with E-state index in [-0.39, 0.29) is 5.91 Å².